The van der Waals surface area contributed by atoms with Gasteiger partial charge in [0.05, 0.1) is 5.69 Å². The first-order chi connectivity index (χ1) is 7.31. The monoisotopic (exact) mass is 220 g/mol. The summed E-state index contributed by atoms with van der Waals surface area (Å²) in [6.45, 7) is 0. The van der Waals surface area contributed by atoms with Gasteiger partial charge in [-0.15, -0.1) is 11.3 Å². The Morgan fingerprint density at radius 2 is 2.13 bits per heavy atom. The van der Waals surface area contributed by atoms with E-state index in [1.54, 1.807) is 17.8 Å². The molecule has 3 N–H and O–H groups in total. The summed E-state index contributed by atoms with van der Waals surface area (Å²) in [4.78, 5) is 19.2. The van der Waals surface area contributed by atoms with Gasteiger partial charge in [-0.3, -0.25) is 15.2 Å². The number of nitrogens with two attached hydrogens (primary N) is 1. The van der Waals surface area contributed by atoms with E-state index in [-0.39, 0.29) is 5.91 Å². The zero-order valence-electron chi connectivity index (χ0n) is 7.68. The van der Waals surface area contributed by atoms with Crippen molar-refractivity contribution >= 4 is 17.2 Å². The first kappa shape index (κ1) is 9.75. The molecule has 76 valence electrons. The number of nitrogens with zero attached hydrogens (tertiary/aromatic N) is 2. The van der Waals surface area contributed by atoms with Crippen molar-refractivity contribution in [3.8, 4) is 11.3 Å². The number of hydrazine groups is 1. The smallest absolute Gasteiger partial charge is 0.288 e. The Labute approximate surface area is 90.0 Å². The minimum absolute atomic E-state index is 0.351. The molecule has 0 radical (unpaired) electrons. The molecule has 0 aliphatic rings. The molecule has 0 atom stereocenters. The summed E-state index contributed by atoms with van der Waals surface area (Å²) >= 11 is 1.25. The van der Waals surface area contributed by atoms with E-state index >= 15 is 0 Å². The Bertz CT molecular complexity index is 468. The Morgan fingerprint density at radius 1 is 1.40 bits per heavy atom. The van der Waals surface area contributed by atoms with Crippen LogP contribution in [0.3, 0.4) is 0 Å². The number of thiazole rings is 1. The van der Waals surface area contributed by atoms with Gasteiger partial charge >= 0.3 is 0 Å². The molecule has 2 aromatic rings. The number of carbonyl (C=O) groups excluding carboxylic acids is 1. The first-order valence-electron chi connectivity index (χ1n) is 4.18. The van der Waals surface area contributed by atoms with Crippen molar-refractivity contribution in [2.24, 2.45) is 5.84 Å². The lowest BCUT2D eigenvalue weighted by Crippen LogP contribution is -2.29. The van der Waals surface area contributed by atoms with E-state index in [1.165, 1.54) is 11.3 Å². The molecule has 0 aromatic carbocycles. The van der Waals surface area contributed by atoms with E-state index < -0.39 is 0 Å². The van der Waals surface area contributed by atoms with Gasteiger partial charge in [0.1, 0.15) is 0 Å². The van der Waals surface area contributed by atoms with Crippen LogP contribution in [0.25, 0.3) is 11.3 Å². The summed E-state index contributed by atoms with van der Waals surface area (Å²) in [5, 5.41) is 2.16. The second kappa shape index (κ2) is 4.16. The minimum Gasteiger partial charge on any atom is -0.288 e. The Balaban J connectivity index is 2.32. The van der Waals surface area contributed by atoms with Crippen LogP contribution in [0.1, 0.15) is 9.80 Å². The normalized spacial score (nSPS) is 9.93. The Kier molecular flexibility index (Phi) is 2.70. The Morgan fingerprint density at radius 3 is 2.80 bits per heavy atom. The van der Waals surface area contributed by atoms with E-state index in [0.29, 0.717) is 5.01 Å². The summed E-state index contributed by atoms with van der Waals surface area (Å²) < 4.78 is 0. The average Bonchev–Trinajstić information content (AvgIpc) is 2.78. The van der Waals surface area contributed by atoms with E-state index in [1.807, 2.05) is 17.6 Å². The molecule has 2 aromatic heterocycles. The number of aromatic nitrogens is 2. The molecule has 2 heterocycles. The van der Waals surface area contributed by atoms with Crippen molar-refractivity contribution in [1.82, 2.24) is 15.4 Å². The fourth-order valence-electron chi connectivity index (χ4n) is 1.10. The van der Waals surface area contributed by atoms with Crippen molar-refractivity contribution in [1.29, 1.82) is 0 Å². The molecule has 6 heteroatoms. The van der Waals surface area contributed by atoms with Crippen molar-refractivity contribution < 1.29 is 4.79 Å². The van der Waals surface area contributed by atoms with Gasteiger partial charge in [-0.1, -0.05) is 0 Å². The molecule has 0 aliphatic heterocycles. The first-order valence-corrected chi connectivity index (χ1v) is 5.06. The summed E-state index contributed by atoms with van der Waals surface area (Å²) in [7, 11) is 0. The number of pyridine rings is 1. The third-order valence-electron chi connectivity index (χ3n) is 1.81. The van der Waals surface area contributed by atoms with Crippen molar-refractivity contribution in [2.75, 3.05) is 0 Å². The van der Waals surface area contributed by atoms with E-state index in [0.717, 1.165) is 11.3 Å². The lowest BCUT2D eigenvalue weighted by Gasteiger charge is -1.94. The highest BCUT2D eigenvalue weighted by molar-refractivity contribution is 7.12. The molecule has 1 amide bonds. The van der Waals surface area contributed by atoms with E-state index in [4.69, 9.17) is 5.84 Å². The third kappa shape index (κ3) is 2.00. The van der Waals surface area contributed by atoms with Gasteiger partial charge in [-0.2, -0.15) is 0 Å². The molecule has 0 bridgehead atoms. The summed E-state index contributed by atoms with van der Waals surface area (Å²) in [6, 6.07) is 3.67. The number of carbonyl (C=O) groups is 1. The number of amides is 1. The largest absolute Gasteiger partial charge is 0.294 e. The molecule has 0 fully saturated rings. The van der Waals surface area contributed by atoms with E-state index in [9.17, 15) is 4.79 Å². The van der Waals surface area contributed by atoms with Crippen LogP contribution in [0.4, 0.5) is 0 Å². The van der Waals surface area contributed by atoms with Gasteiger partial charge in [0.25, 0.3) is 5.91 Å². The standard InChI is InChI=1S/C9H8N4OS/c10-13-8(14)9-12-7(5-15-9)6-1-3-11-4-2-6/h1-5H,10H2,(H,13,14). The van der Waals surface area contributed by atoms with Crippen LogP contribution in [-0.2, 0) is 0 Å². The predicted octanol–water partition coefficient (Wildman–Crippen LogP) is 0.809. The number of nitrogens with one attached hydrogen (secondary N) is 1. The quantitative estimate of drug-likeness (QED) is 0.446. The van der Waals surface area contributed by atoms with Gasteiger partial charge in [-0.05, 0) is 12.1 Å². The highest BCUT2D eigenvalue weighted by Crippen LogP contribution is 2.20. The molecule has 0 aliphatic carbocycles. The van der Waals surface area contributed by atoms with Gasteiger partial charge < -0.3 is 0 Å². The number of hydrogen-bond acceptors (Lipinski definition) is 5. The molecule has 15 heavy (non-hydrogen) atoms. The summed E-state index contributed by atoms with van der Waals surface area (Å²) in [6.07, 6.45) is 3.36. The number of rotatable bonds is 2. The van der Waals surface area contributed by atoms with Crippen LogP contribution in [0.2, 0.25) is 0 Å². The zero-order valence-corrected chi connectivity index (χ0v) is 8.49. The fourth-order valence-corrected chi connectivity index (χ4v) is 1.82. The van der Waals surface area contributed by atoms with Crippen LogP contribution in [0, 0.1) is 0 Å². The Hall–Kier alpha value is -1.79. The molecular formula is C9H8N4OS. The molecule has 0 saturated carbocycles. The zero-order chi connectivity index (χ0) is 10.7. The molecular weight excluding hydrogens is 212 g/mol. The predicted molar refractivity (Wildman–Crippen MR) is 57.0 cm³/mol. The summed E-state index contributed by atoms with van der Waals surface area (Å²) in [5.74, 6) is 4.63. The average molecular weight is 220 g/mol. The topological polar surface area (TPSA) is 80.9 Å². The maximum absolute atomic E-state index is 11.2. The van der Waals surface area contributed by atoms with Crippen molar-refractivity contribution in [3.05, 3.63) is 34.9 Å². The lowest BCUT2D eigenvalue weighted by atomic mass is 10.2. The second-order valence-corrected chi connectivity index (χ2v) is 3.61. The fraction of sp³-hybridized carbons (Fsp3) is 0. The van der Waals surface area contributed by atoms with Gasteiger partial charge in [0.15, 0.2) is 5.01 Å². The maximum atomic E-state index is 11.2. The van der Waals surface area contributed by atoms with Crippen LogP contribution in [0.5, 0.6) is 0 Å². The maximum Gasteiger partial charge on any atom is 0.294 e. The van der Waals surface area contributed by atoms with Gasteiger partial charge in [0, 0.05) is 23.3 Å². The molecule has 0 spiro atoms. The number of nitrogen functional groups attached to an aromatic ring is 1. The van der Waals surface area contributed by atoms with Gasteiger partial charge in [-0.25, -0.2) is 10.8 Å². The molecule has 5 nitrogen and oxygen atoms in total. The van der Waals surface area contributed by atoms with Crippen molar-refractivity contribution in [3.63, 3.8) is 0 Å². The highest BCUT2D eigenvalue weighted by Gasteiger charge is 2.09. The van der Waals surface area contributed by atoms with Crippen LogP contribution in [-0.4, -0.2) is 15.9 Å². The molecule has 2 rings (SSSR count). The second-order valence-electron chi connectivity index (χ2n) is 2.75. The minimum atomic E-state index is -0.375. The lowest BCUT2D eigenvalue weighted by molar-refractivity contribution is 0.0953. The van der Waals surface area contributed by atoms with Crippen LogP contribution < -0.4 is 11.3 Å². The summed E-state index contributed by atoms with van der Waals surface area (Å²) in [5.41, 5.74) is 3.72. The molecule has 0 unspecified atom stereocenters. The van der Waals surface area contributed by atoms with Crippen molar-refractivity contribution in [2.45, 2.75) is 0 Å². The van der Waals surface area contributed by atoms with Crippen LogP contribution >= 0.6 is 11.3 Å². The molecule has 0 saturated heterocycles. The van der Waals surface area contributed by atoms with Gasteiger partial charge in [0.2, 0.25) is 0 Å². The third-order valence-corrected chi connectivity index (χ3v) is 2.65. The highest BCUT2D eigenvalue weighted by atomic mass is 32.1. The number of hydrogen-bond donors (Lipinski definition) is 2. The van der Waals surface area contributed by atoms with E-state index in [2.05, 4.69) is 9.97 Å². The SMILES string of the molecule is NNC(=O)c1nc(-c2ccncc2)cs1. The van der Waals surface area contributed by atoms with Crippen LogP contribution in [0.15, 0.2) is 29.9 Å².